The molecule has 2 atom stereocenters. The number of aromatic nitrogens is 4. The second-order valence-corrected chi connectivity index (χ2v) is 8.35. The third-order valence-corrected chi connectivity index (χ3v) is 5.86. The fourth-order valence-electron chi connectivity index (χ4n) is 3.62. The molecule has 6 nitrogen and oxygen atoms in total. The molecule has 3 heterocycles. The van der Waals surface area contributed by atoms with Crippen molar-refractivity contribution in [3.05, 3.63) is 82.8 Å². The van der Waals surface area contributed by atoms with Crippen molar-refractivity contribution in [1.29, 1.82) is 0 Å². The van der Waals surface area contributed by atoms with Gasteiger partial charge in [0.2, 0.25) is 11.9 Å². The van der Waals surface area contributed by atoms with E-state index in [1.807, 2.05) is 38.1 Å². The number of hydrogen-bond acceptors (Lipinski definition) is 5. The Morgan fingerprint density at radius 1 is 0.938 bits per heavy atom. The lowest BCUT2D eigenvalue weighted by atomic mass is 10.0. The van der Waals surface area contributed by atoms with Crippen LogP contribution in [0.5, 0.6) is 0 Å². The average molecular weight is 432 g/mol. The molecule has 0 saturated carbocycles. The van der Waals surface area contributed by atoms with E-state index >= 15 is 0 Å². The molecule has 0 aliphatic rings. The van der Waals surface area contributed by atoms with Crippen LogP contribution in [-0.2, 0) is 0 Å². The van der Waals surface area contributed by atoms with Gasteiger partial charge in [-0.2, -0.15) is 9.37 Å². The molecule has 3 aromatic heterocycles. The van der Waals surface area contributed by atoms with Gasteiger partial charge in [-0.1, -0.05) is 38.1 Å². The number of nitrogens with one attached hydrogen (secondary N) is 1. The highest BCUT2D eigenvalue weighted by Crippen LogP contribution is 2.25. The highest BCUT2D eigenvalue weighted by molar-refractivity contribution is 5.75. The summed E-state index contributed by atoms with van der Waals surface area (Å²) in [6.45, 7) is 8.22. The molecule has 1 aromatic carbocycles. The maximum atomic E-state index is 13.4. The molecular weight excluding hydrogens is 405 g/mol. The van der Waals surface area contributed by atoms with Crippen molar-refractivity contribution >= 4 is 17.0 Å². The van der Waals surface area contributed by atoms with Crippen molar-refractivity contribution in [3.63, 3.8) is 0 Å². The van der Waals surface area contributed by atoms with Crippen molar-refractivity contribution < 1.29 is 4.39 Å². The molecule has 4 aromatic rings. The Labute approximate surface area is 186 Å². The lowest BCUT2D eigenvalue weighted by Crippen LogP contribution is -2.26. The summed E-state index contributed by atoms with van der Waals surface area (Å²) in [6, 6.07) is 14.3. The summed E-state index contributed by atoms with van der Waals surface area (Å²) in [4.78, 5) is 25.3. The minimum atomic E-state index is -0.500. The summed E-state index contributed by atoms with van der Waals surface area (Å²) in [5.41, 5.74) is 3.28. The number of pyridine rings is 2. The van der Waals surface area contributed by atoms with Crippen LogP contribution in [0, 0.1) is 11.9 Å². The van der Waals surface area contributed by atoms with Gasteiger partial charge in [0.25, 0.3) is 5.56 Å². The second-order valence-electron chi connectivity index (χ2n) is 8.35. The normalized spacial score (nSPS) is 13.3. The summed E-state index contributed by atoms with van der Waals surface area (Å²) >= 11 is 0. The van der Waals surface area contributed by atoms with Gasteiger partial charge in [-0.3, -0.25) is 9.36 Å². The third kappa shape index (κ3) is 4.37. The van der Waals surface area contributed by atoms with Crippen LogP contribution in [0.15, 0.2) is 65.7 Å². The molecule has 0 fully saturated rings. The van der Waals surface area contributed by atoms with E-state index in [4.69, 9.17) is 0 Å². The Balaban J connectivity index is 1.60. The van der Waals surface area contributed by atoms with Crippen LogP contribution in [0.2, 0.25) is 0 Å². The fourth-order valence-corrected chi connectivity index (χ4v) is 3.62. The Morgan fingerprint density at radius 3 is 2.38 bits per heavy atom. The van der Waals surface area contributed by atoms with E-state index in [1.54, 1.807) is 29.0 Å². The predicted octanol–water partition coefficient (Wildman–Crippen LogP) is 5.38. The fraction of sp³-hybridized carbons (Fsp3) is 0.280. The van der Waals surface area contributed by atoms with E-state index in [2.05, 4.69) is 34.1 Å². The van der Waals surface area contributed by atoms with Gasteiger partial charge < -0.3 is 5.32 Å². The van der Waals surface area contributed by atoms with Gasteiger partial charge >= 0.3 is 0 Å². The summed E-state index contributed by atoms with van der Waals surface area (Å²) in [5.74, 6) is 0.247. The molecule has 0 amide bonds. The van der Waals surface area contributed by atoms with Crippen molar-refractivity contribution in [2.45, 2.75) is 39.8 Å². The van der Waals surface area contributed by atoms with Gasteiger partial charge in [0.1, 0.15) is 5.65 Å². The maximum absolute atomic E-state index is 13.4. The minimum absolute atomic E-state index is 0.0111. The molecule has 0 aliphatic carbocycles. The smallest absolute Gasteiger partial charge is 0.252 e. The van der Waals surface area contributed by atoms with Gasteiger partial charge in [-0.15, -0.1) is 0 Å². The average Bonchev–Trinajstić information content (AvgIpc) is 2.78. The van der Waals surface area contributed by atoms with E-state index < -0.39 is 5.95 Å². The van der Waals surface area contributed by atoms with Crippen molar-refractivity contribution in [2.24, 2.45) is 5.92 Å². The molecule has 7 heteroatoms. The van der Waals surface area contributed by atoms with Crippen molar-refractivity contribution in [1.82, 2.24) is 19.5 Å². The standard InChI is InChI=1S/C25H26FN5O/c1-15(2)17(4)31-23(32)10-9-21-14-28-25(30-24(21)31)29-16(3)18-5-7-19(8-6-18)20-11-12-27-22(26)13-20/h5-17H,1-4H3,(H,28,29,30). The van der Waals surface area contributed by atoms with Crippen LogP contribution in [0.3, 0.4) is 0 Å². The van der Waals surface area contributed by atoms with Crippen LogP contribution in [-0.4, -0.2) is 19.5 Å². The second kappa shape index (κ2) is 8.86. The van der Waals surface area contributed by atoms with Crippen LogP contribution in [0.4, 0.5) is 10.3 Å². The largest absolute Gasteiger partial charge is 0.348 e. The molecular formula is C25H26FN5O. The molecule has 1 N–H and O–H groups in total. The van der Waals surface area contributed by atoms with Gasteiger partial charge in [-0.25, -0.2) is 9.97 Å². The van der Waals surface area contributed by atoms with Crippen molar-refractivity contribution in [3.8, 4) is 11.1 Å². The molecule has 164 valence electrons. The summed E-state index contributed by atoms with van der Waals surface area (Å²) in [5, 5.41) is 4.15. The first-order valence-corrected chi connectivity index (χ1v) is 10.7. The van der Waals surface area contributed by atoms with Crippen LogP contribution >= 0.6 is 0 Å². The molecule has 0 saturated heterocycles. The SMILES string of the molecule is CC(Nc1ncc2ccc(=O)n(C(C)C(C)C)c2n1)c1ccc(-c2ccnc(F)c2)cc1. The number of halogens is 1. The van der Waals surface area contributed by atoms with Gasteiger partial charge in [0.05, 0.1) is 6.04 Å². The number of anilines is 1. The number of fused-ring (bicyclic) bond motifs is 1. The van der Waals surface area contributed by atoms with Gasteiger partial charge in [0.15, 0.2) is 0 Å². The summed E-state index contributed by atoms with van der Waals surface area (Å²) in [7, 11) is 0. The molecule has 4 rings (SSSR count). The Bertz CT molecular complexity index is 1300. The van der Waals surface area contributed by atoms with E-state index in [9.17, 15) is 9.18 Å². The van der Waals surface area contributed by atoms with Crippen LogP contribution < -0.4 is 10.9 Å². The zero-order chi connectivity index (χ0) is 22.8. The van der Waals surface area contributed by atoms with Gasteiger partial charge in [0, 0.05) is 36.0 Å². The first kappa shape index (κ1) is 21.6. The monoisotopic (exact) mass is 431 g/mol. The number of benzene rings is 1. The Morgan fingerprint density at radius 2 is 1.69 bits per heavy atom. The number of rotatable bonds is 6. The summed E-state index contributed by atoms with van der Waals surface area (Å²) in [6.07, 6.45) is 3.20. The highest BCUT2D eigenvalue weighted by Gasteiger charge is 2.16. The zero-order valence-electron chi connectivity index (χ0n) is 18.6. The lowest BCUT2D eigenvalue weighted by Gasteiger charge is -2.21. The Hall–Kier alpha value is -3.61. The highest BCUT2D eigenvalue weighted by atomic mass is 19.1. The van der Waals surface area contributed by atoms with Gasteiger partial charge in [-0.05, 0) is 48.6 Å². The maximum Gasteiger partial charge on any atom is 0.252 e. The number of hydrogen-bond donors (Lipinski definition) is 1. The quantitative estimate of drug-likeness (QED) is 0.415. The number of nitrogens with zero attached hydrogens (tertiary/aromatic N) is 4. The molecule has 0 spiro atoms. The molecule has 0 bridgehead atoms. The lowest BCUT2D eigenvalue weighted by molar-refractivity contribution is 0.407. The first-order valence-electron chi connectivity index (χ1n) is 10.7. The van der Waals surface area contributed by atoms with Crippen LogP contribution in [0.25, 0.3) is 22.2 Å². The third-order valence-electron chi connectivity index (χ3n) is 5.86. The first-order chi connectivity index (χ1) is 15.3. The topological polar surface area (TPSA) is 72.7 Å². The van der Waals surface area contributed by atoms with E-state index in [-0.39, 0.29) is 23.6 Å². The molecule has 2 unspecified atom stereocenters. The molecule has 0 radical (unpaired) electrons. The minimum Gasteiger partial charge on any atom is -0.348 e. The zero-order valence-corrected chi connectivity index (χ0v) is 18.6. The van der Waals surface area contributed by atoms with E-state index in [1.165, 1.54) is 12.3 Å². The molecule has 32 heavy (non-hydrogen) atoms. The van der Waals surface area contributed by atoms with Crippen LogP contribution in [0.1, 0.15) is 45.3 Å². The van der Waals surface area contributed by atoms with E-state index in [0.29, 0.717) is 11.6 Å². The molecule has 0 aliphatic heterocycles. The van der Waals surface area contributed by atoms with E-state index in [0.717, 1.165) is 22.1 Å². The Kier molecular flexibility index (Phi) is 5.99. The van der Waals surface area contributed by atoms with Crippen molar-refractivity contribution in [2.75, 3.05) is 5.32 Å². The predicted molar refractivity (Wildman–Crippen MR) is 125 cm³/mol. The summed E-state index contributed by atoms with van der Waals surface area (Å²) < 4.78 is 15.1.